The van der Waals surface area contributed by atoms with E-state index < -0.39 is 11.7 Å². The molecule has 0 N–H and O–H groups in total. The topological polar surface area (TPSA) is 17.1 Å². The lowest BCUT2D eigenvalue weighted by atomic mass is 10.1. The summed E-state index contributed by atoms with van der Waals surface area (Å²) in [7, 11) is 0. The molecule has 0 atom stereocenters. The number of aldehydes is 1. The first-order chi connectivity index (χ1) is 6.93. The van der Waals surface area contributed by atoms with Crippen molar-refractivity contribution in [1.29, 1.82) is 0 Å². The summed E-state index contributed by atoms with van der Waals surface area (Å²) in [6.45, 7) is 4.00. The maximum Gasteiger partial charge on any atom is 0.416 e. The van der Waals surface area contributed by atoms with Gasteiger partial charge in [0.25, 0.3) is 0 Å². The predicted octanol–water partition coefficient (Wildman–Crippen LogP) is 4.20. The zero-order valence-corrected chi connectivity index (χ0v) is 8.99. The standard InChI is InChI=1S/C8H4ClF3O.C2H6/c9-7-2-5(4-13)1-6(3-7)8(10,11)12;1-2/h1-4H;1-2H3. The van der Waals surface area contributed by atoms with E-state index in [1.807, 2.05) is 13.8 Å². The molecule has 0 saturated carbocycles. The molecule has 0 unspecified atom stereocenters. The first-order valence-electron chi connectivity index (χ1n) is 4.26. The van der Waals surface area contributed by atoms with Crippen LogP contribution in [0, 0.1) is 0 Å². The fourth-order valence-corrected chi connectivity index (χ4v) is 1.09. The monoisotopic (exact) mass is 238 g/mol. The van der Waals surface area contributed by atoms with Gasteiger partial charge in [-0.1, -0.05) is 25.4 Å². The van der Waals surface area contributed by atoms with Gasteiger partial charge in [0.2, 0.25) is 0 Å². The lowest BCUT2D eigenvalue weighted by molar-refractivity contribution is -0.137. The zero-order valence-electron chi connectivity index (χ0n) is 8.23. The Balaban J connectivity index is 0.000000921. The first kappa shape index (κ1) is 14.0. The van der Waals surface area contributed by atoms with Crippen molar-refractivity contribution in [1.82, 2.24) is 0 Å². The minimum absolute atomic E-state index is 0.0835. The summed E-state index contributed by atoms with van der Waals surface area (Å²) in [6.07, 6.45) is -4.15. The molecule has 1 aromatic rings. The normalized spacial score (nSPS) is 10.3. The molecule has 15 heavy (non-hydrogen) atoms. The summed E-state index contributed by atoms with van der Waals surface area (Å²) in [5.41, 5.74) is -0.998. The molecule has 1 aromatic carbocycles. The number of carbonyl (C=O) groups is 1. The molecule has 0 saturated heterocycles. The Morgan fingerprint density at radius 2 is 1.73 bits per heavy atom. The van der Waals surface area contributed by atoms with Gasteiger partial charge in [-0.25, -0.2) is 0 Å². The largest absolute Gasteiger partial charge is 0.416 e. The average molecular weight is 239 g/mol. The summed E-state index contributed by atoms with van der Waals surface area (Å²) >= 11 is 5.38. The van der Waals surface area contributed by atoms with Gasteiger partial charge in [-0.2, -0.15) is 13.2 Å². The molecular weight excluding hydrogens is 229 g/mol. The Morgan fingerprint density at radius 3 is 2.13 bits per heavy atom. The number of carbonyl (C=O) groups excluding carboxylic acids is 1. The van der Waals surface area contributed by atoms with Crippen LogP contribution in [0.5, 0.6) is 0 Å². The van der Waals surface area contributed by atoms with Crippen molar-refractivity contribution >= 4 is 17.9 Å². The van der Waals surface area contributed by atoms with Crippen LogP contribution in [-0.4, -0.2) is 6.29 Å². The highest BCUT2D eigenvalue weighted by Gasteiger charge is 2.30. The van der Waals surface area contributed by atoms with E-state index in [9.17, 15) is 18.0 Å². The molecule has 0 amide bonds. The van der Waals surface area contributed by atoms with E-state index in [0.29, 0.717) is 6.29 Å². The van der Waals surface area contributed by atoms with E-state index in [4.69, 9.17) is 11.6 Å². The third kappa shape index (κ3) is 4.34. The molecule has 0 radical (unpaired) electrons. The highest BCUT2D eigenvalue weighted by Crippen LogP contribution is 2.31. The van der Waals surface area contributed by atoms with Crippen LogP contribution >= 0.6 is 11.6 Å². The Labute approximate surface area is 90.9 Å². The summed E-state index contributed by atoms with van der Waals surface area (Å²) in [4.78, 5) is 10.2. The minimum Gasteiger partial charge on any atom is -0.298 e. The van der Waals surface area contributed by atoms with Crippen molar-refractivity contribution in [2.45, 2.75) is 20.0 Å². The lowest BCUT2D eigenvalue weighted by Crippen LogP contribution is -2.05. The van der Waals surface area contributed by atoms with Crippen LogP contribution in [0.15, 0.2) is 18.2 Å². The van der Waals surface area contributed by atoms with E-state index in [1.165, 1.54) is 6.07 Å². The highest BCUT2D eigenvalue weighted by molar-refractivity contribution is 6.30. The van der Waals surface area contributed by atoms with Crippen molar-refractivity contribution in [3.05, 3.63) is 34.3 Å². The molecule has 0 heterocycles. The Bertz CT molecular complexity index is 334. The third-order valence-corrected chi connectivity index (χ3v) is 1.60. The first-order valence-corrected chi connectivity index (χ1v) is 4.64. The van der Waals surface area contributed by atoms with E-state index in [1.54, 1.807) is 0 Å². The molecule has 1 nitrogen and oxygen atoms in total. The number of benzene rings is 1. The number of hydrogen-bond donors (Lipinski definition) is 0. The van der Waals surface area contributed by atoms with Crippen LogP contribution in [0.3, 0.4) is 0 Å². The van der Waals surface area contributed by atoms with Gasteiger partial charge in [0.05, 0.1) is 5.56 Å². The van der Waals surface area contributed by atoms with Gasteiger partial charge in [0.15, 0.2) is 0 Å². The van der Waals surface area contributed by atoms with Gasteiger partial charge in [0.1, 0.15) is 6.29 Å². The van der Waals surface area contributed by atoms with Crippen LogP contribution in [-0.2, 0) is 6.18 Å². The van der Waals surface area contributed by atoms with Crippen LogP contribution < -0.4 is 0 Å². The minimum atomic E-state index is -4.47. The van der Waals surface area contributed by atoms with Gasteiger partial charge in [-0.15, -0.1) is 0 Å². The molecule has 0 bridgehead atoms. The Morgan fingerprint density at radius 1 is 1.20 bits per heavy atom. The lowest BCUT2D eigenvalue weighted by Gasteiger charge is -2.06. The van der Waals surface area contributed by atoms with Crippen molar-refractivity contribution in [2.24, 2.45) is 0 Å². The molecule has 0 aliphatic carbocycles. The van der Waals surface area contributed by atoms with Crippen LogP contribution in [0.4, 0.5) is 13.2 Å². The summed E-state index contributed by atoms with van der Waals surface area (Å²) < 4.78 is 36.3. The van der Waals surface area contributed by atoms with Gasteiger partial charge in [-0.3, -0.25) is 4.79 Å². The number of alkyl halides is 3. The number of rotatable bonds is 1. The molecule has 0 aliphatic heterocycles. The summed E-state index contributed by atoms with van der Waals surface area (Å²) in [6, 6.07) is 2.69. The maximum atomic E-state index is 12.1. The highest BCUT2D eigenvalue weighted by atomic mass is 35.5. The van der Waals surface area contributed by atoms with Crippen molar-refractivity contribution < 1.29 is 18.0 Å². The van der Waals surface area contributed by atoms with Crippen molar-refractivity contribution in [3.8, 4) is 0 Å². The predicted molar refractivity (Wildman–Crippen MR) is 53.2 cm³/mol. The molecular formula is C10H10ClF3O. The molecule has 0 aromatic heterocycles. The van der Waals surface area contributed by atoms with Crippen LogP contribution in [0.2, 0.25) is 5.02 Å². The molecule has 0 aliphatic rings. The molecule has 84 valence electrons. The van der Waals surface area contributed by atoms with Gasteiger partial charge < -0.3 is 0 Å². The van der Waals surface area contributed by atoms with Crippen LogP contribution in [0.25, 0.3) is 0 Å². The fourth-order valence-electron chi connectivity index (χ4n) is 0.844. The van der Waals surface area contributed by atoms with E-state index in [2.05, 4.69) is 0 Å². The summed E-state index contributed by atoms with van der Waals surface area (Å²) in [5.74, 6) is 0. The second-order valence-corrected chi connectivity index (χ2v) is 2.83. The average Bonchev–Trinajstić information content (AvgIpc) is 2.18. The SMILES string of the molecule is CC.O=Cc1cc(Cl)cc(C(F)(F)F)c1. The van der Waals surface area contributed by atoms with E-state index in [0.717, 1.165) is 12.1 Å². The van der Waals surface area contributed by atoms with Gasteiger partial charge >= 0.3 is 6.18 Å². The zero-order chi connectivity index (χ0) is 12.1. The quantitative estimate of drug-likeness (QED) is 0.670. The third-order valence-electron chi connectivity index (χ3n) is 1.38. The second kappa shape index (κ2) is 5.75. The molecule has 1 rings (SSSR count). The van der Waals surface area contributed by atoms with Crippen LogP contribution in [0.1, 0.15) is 29.8 Å². The van der Waals surface area contributed by atoms with Crippen molar-refractivity contribution in [2.75, 3.05) is 0 Å². The maximum absolute atomic E-state index is 12.1. The fraction of sp³-hybridized carbons (Fsp3) is 0.300. The van der Waals surface area contributed by atoms with Gasteiger partial charge in [-0.05, 0) is 18.2 Å². The molecule has 0 spiro atoms. The number of hydrogen-bond acceptors (Lipinski definition) is 1. The van der Waals surface area contributed by atoms with E-state index in [-0.39, 0.29) is 10.6 Å². The Kier molecular flexibility index (Phi) is 5.36. The second-order valence-electron chi connectivity index (χ2n) is 2.39. The number of halogens is 4. The van der Waals surface area contributed by atoms with E-state index >= 15 is 0 Å². The Hall–Kier alpha value is -1.03. The summed E-state index contributed by atoms with van der Waals surface area (Å²) in [5, 5.41) is -0.100. The smallest absolute Gasteiger partial charge is 0.298 e. The molecule has 5 heteroatoms. The van der Waals surface area contributed by atoms with Crippen molar-refractivity contribution in [3.63, 3.8) is 0 Å². The van der Waals surface area contributed by atoms with Gasteiger partial charge in [0, 0.05) is 10.6 Å². The molecule has 0 fully saturated rings.